The van der Waals surface area contributed by atoms with Gasteiger partial charge in [-0.25, -0.2) is 0 Å². The molecule has 0 aliphatic carbocycles. The Morgan fingerprint density at radius 1 is 0.944 bits per heavy atom. The first-order valence-corrected chi connectivity index (χ1v) is 12.9. The SMILES string of the molecule is COc1ccc(CCCN2CCCCC2C(C)N2CCc3cc(OC)c(OC)cc3CC2=O)cc1.Cl. The number of hydrogen-bond donors (Lipinski definition) is 0. The van der Waals surface area contributed by atoms with Crippen LogP contribution in [-0.2, 0) is 24.1 Å². The highest BCUT2D eigenvalue weighted by molar-refractivity contribution is 5.85. The standard InChI is InChI=1S/C29H40N2O4.ClH/c1-21(31-17-14-23-18-27(34-3)28(35-4)19-24(23)20-29(31)32)26-9-5-6-15-30(26)16-7-8-22-10-12-25(33-2)13-11-22;/h10-13,18-19,21,26H,5-9,14-17,20H2,1-4H3;1H. The van der Waals surface area contributed by atoms with Gasteiger partial charge in [0.1, 0.15) is 5.75 Å². The molecule has 2 aliphatic rings. The van der Waals surface area contributed by atoms with Gasteiger partial charge < -0.3 is 19.1 Å². The first kappa shape index (κ1) is 28.1. The van der Waals surface area contributed by atoms with E-state index >= 15 is 0 Å². The number of methoxy groups -OCH3 is 3. The van der Waals surface area contributed by atoms with Gasteiger partial charge in [-0.3, -0.25) is 9.69 Å². The van der Waals surface area contributed by atoms with Crippen LogP contribution in [0.4, 0.5) is 0 Å². The van der Waals surface area contributed by atoms with Crippen LogP contribution in [0.5, 0.6) is 17.2 Å². The number of benzene rings is 2. The summed E-state index contributed by atoms with van der Waals surface area (Å²) in [6.45, 7) is 5.19. The fraction of sp³-hybridized carbons (Fsp3) is 0.552. The van der Waals surface area contributed by atoms with E-state index in [9.17, 15) is 4.79 Å². The van der Waals surface area contributed by atoms with E-state index < -0.39 is 0 Å². The maximum atomic E-state index is 13.4. The Balaban J connectivity index is 0.00000361. The zero-order valence-corrected chi connectivity index (χ0v) is 22.9. The molecule has 1 amide bonds. The molecule has 0 spiro atoms. The second kappa shape index (κ2) is 13.2. The molecule has 6 nitrogen and oxygen atoms in total. The van der Waals surface area contributed by atoms with Crippen molar-refractivity contribution in [3.8, 4) is 17.2 Å². The maximum absolute atomic E-state index is 13.4. The lowest BCUT2D eigenvalue weighted by molar-refractivity contribution is -0.134. The topological polar surface area (TPSA) is 51.2 Å². The van der Waals surface area contributed by atoms with Gasteiger partial charge >= 0.3 is 0 Å². The number of hydrogen-bond acceptors (Lipinski definition) is 5. The van der Waals surface area contributed by atoms with Crippen LogP contribution < -0.4 is 14.2 Å². The Bertz CT molecular complexity index is 998. The predicted molar refractivity (Wildman–Crippen MR) is 146 cm³/mol. The van der Waals surface area contributed by atoms with Crippen molar-refractivity contribution in [2.24, 2.45) is 0 Å². The zero-order valence-electron chi connectivity index (χ0n) is 22.1. The number of fused-ring (bicyclic) bond motifs is 1. The molecule has 2 atom stereocenters. The monoisotopic (exact) mass is 516 g/mol. The summed E-state index contributed by atoms with van der Waals surface area (Å²) in [6.07, 6.45) is 7.07. The van der Waals surface area contributed by atoms with Crippen molar-refractivity contribution in [3.05, 3.63) is 53.1 Å². The van der Waals surface area contributed by atoms with Gasteiger partial charge in [0, 0.05) is 18.6 Å². The first-order valence-electron chi connectivity index (χ1n) is 12.9. The van der Waals surface area contributed by atoms with Gasteiger partial charge in [-0.1, -0.05) is 18.6 Å². The number of likely N-dealkylation sites (tertiary alicyclic amines) is 1. The summed E-state index contributed by atoms with van der Waals surface area (Å²) in [5.41, 5.74) is 3.59. The van der Waals surface area contributed by atoms with E-state index in [2.05, 4.69) is 28.9 Å². The Labute approximate surface area is 222 Å². The largest absolute Gasteiger partial charge is 0.497 e. The molecule has 0 saturated carbocycles. The number of amides is 1. The minimum atomic E-state index is 0. The fourth-order valence-corrected chi connectivity index (χ4v) is 5.75. The van der Waals surface area contributed by atoms with Crippen molar-refractivity contribution >= 4 is 18.3 Å². The van der Waals surface area contributed by atoms with Crippen LogP contribution in [0.3, 0.4) is 0 Å². The summed E-state index contributed by atoms with van der Waals surface area (Å²) in [4.78, 5) is 18.2. The summed E-state index contributed by atoms with van der Waals surface area (Å²) < 4.78 is 16.3. The van der Waals surface area contributed by atoms with Crippen molar-refractivity contribution in [2.75, 3.05) is 41.0 Å². The minimum Gasteiger partial charge on any atom is -0.497 e. The molecular formula is C29H41ClN2O4. The van der Waals surface area contributed by atoms with Gasteiger partial charge in [-0.15, -0.1) is 12.4 Å². The predicted octanol–water partition coefficient (Wildman–Crippen LogP) is 4.94. The number of ether oxygens (including phenoxy) is 3. The van der Waals surface area contributed by atoms with E-state index in [1.54, 1.807) is 21.3 Å². The molecule has 0 bridgehead atoms. The molecule has 0 N–H and O–H groups in total. The van der Waals surface area contributed by atoms with Gasteiger partial charge in [0.2, 0.25) is 5.91 Å². The molecule has 2 unspecified atom stereocenters. The van der Waals surface area contributed by atoms with Gasteiger partial charge in [-0.05, 0) is 93.1 Å². The van der Waals surface area contributed by atoms with Crippen molar-refractivity contribution in [1.29, 1.82) is 0 Å². The van der Waals surface area contributed by atoms with Crippen molar-refractivity contribution < 1.29 is 19.0 Å². The van der Waals surface area contributed by atoms with E-state index in [-0.39, 0.29) is 24.4 Å². The third-order valence-electron chi connectivity index (χ3n) is 7.77. The number of piperidine rings is 1. The fourth-order valence-electron chi connectivity index (χ4n) is 5.75. The quantitative estimate of drug-likeness (QED) is 0.472. The number of aryl methyl sites for hydroxylation is 1. The average molecular weight is 517 g/mol. The highest BCUT2D eigenvalue weighted by Gasteiger charge is 2.34. The van der Waals surface area contributed by atoms with Crippen LogP contribution in [0.25, 0.3) is 0 Å². The Morgan fingerprint density at radius 3 is 2.31 bits per heavy atom. The summed E-state index contributed by atoms with van der Waals surface area (Å²) in [5, 5.41) is 0. The average Bonchev–Trinajstić information content (AvgIpc) is 3.05. The molecule has 0 radical (unpaired) electrons. The normalized spacial score (nSPS) is 19.1. The zero-order chi connectivity index (χ0) is 24.8. The van der Waals surface area contributed by atoms with Crippen molar-refractivity contribution in [2.45, 2.75) is 64.0 Å². The lowest BCUT2D eigenvalue weighted by atomic mass is 9.94. The Kier molecular flexibility index (Phi) is 10.3. The molecular weight excluding hydrogens is 476 g/mol. The molecule has 7 heteroatoms. The van der Waals surface area contributed by atoms with Crippen LogP contribution in [0, 0.1) is 0 Å². The smallest absolute Gasteiger partial charge is 0.227 e. The second-order valence-corrected chi connectivity index (χ2v) is 9.78. The summed E-state index contributed by atoms with van der Waals surface area (Å²) in [5.74, 6) is 2.54. The lowest BCUT2D eigenvalue weighted by Crippen LogP contribution is -2.54. The van der Waals surface area contributed by atoms with E-state index in [1.165, 1.54) is 24.0 Å². The number of nitrogens with zero attached hydrogens (tertiary/aromatic N) is 2. The molecule has 2 aromatic carbocycles. The van der Waals surface area contributed by atoms with Crippen LogP contribution in [0.2, 0.25) is 0 Å². The maximum Gasteiger partial charge on any atom is 0.227 e. The van der Waals surface area contributed by atoms with E-state index in [0.29, 0.717) is 18.2 Å². The van der Waals surface area contributed by atoms with Crippen molar-refractivity contribution in [3.63, 3.8) is 0 Å². The Hall–Kier alpha value is -2.44. The highest BCUT2D eigenvalue weighted by atomic mass is 35.5. The molecule has 2 aromatic rings. The van der Waals surface area contributed by atoms with E-state index in [1.807, 2.05) is 24.3 Å². The number of carbonyl (C=O) groups excluding carboxylic acids is 1. The minimum absolute atomic E-state index is 0. The molecule has 2 heterocycles. The lowest BCUT2D eigenvalue weighted by Gasteiger charge is -2.43. The van der Waals surface area contributed by atoms with Gasteiger partial charge in [0.15, 0.2) is 11.5 Å². The third kappa shape index (κ3) is 6.46. The molecule has 2 aliphatic heterocycles. The van der Waals surface area contributed by atoms with Gasteiger partial charge in [0.25, 0.3) is 0 Å². The van der Waals surface area contributed by atoms with Crippen molar-refractivity contribution in [1.82, 2.24) is 9.80 Å². The molecule has 1 fully saturated rings. The third-order valence-corrected chi connectivity index (χ3v) is 7.77. The summed E-state index contributed by atoms with van der Waals surface area (Å²) in [7, 11) is 5.00. The molecule has 0 aromatic heterocycles. The number of rotatable bonds is 9. The molecule has 1 saturated heterocycles. The second-order valence-electron chi connectivity index (χ2n) is 9.78. The molecule has 198 valence electrons. The molecule has 36 heavy (non-hydrogen) atoms. The molecule has 4 rings (SSSR count). The van der Waals surface area contributed by atoms with Crippen LogP contribution in [0.1, 0.15) is 49.3 Å². The first-order chi connectivity index (χ1) is 17.0. The van der Waals surface area contributed by atoms with Gasteiger partial charge in [-0.2, -0.15) is 0 Å². The summed E-state index contributed by atoms with van der Waals surface area (Å²) >= 11 is 0. The van der Waals surface area contributed by atoms with Crippen LogP contribution in [-0.4, -0.2) is 68.8 Å². The highest BCUT2D eigenvalue weighted by Crippen LogP contribution is 2.33. The van der Waals surface area contributed by atoms with Crippen LogP contribution >= 0.6 is 12.4 Å². The number of halogens is 1. The van der Waals surface area contributed by atoms with Crippen LogP contribution in [0.15, 0.2) is 36.4 Å². The van der Waals surface area contributed by atoms with Gasteiger partial charge in [0.05, 0.1) is 27.8 Å². The number of carbonyl (C=O) groups is 1. The Morgan fingerprint density at radius 2 is 1.64 bits per heavy atom. The summed E-state index contributed by atoms with van der Waals surface area (Å²) in [6, 6.07) is 13.0. The van der Waals surface area contributed by atoms with E-state index in [0.717, 1.165) is 62.4 Å². The van der Waals surface area contributed by atoms with E-state index in [4.69, 9.17) is 14.2 Å².